The van der Waals surface area contributed by atoms with Crippen molar-refractivity contribution >= 4 is 0 Å². The third-order valence-corrected chi connectivity index (χ3v) is 1.86. The molecule has 0 rings (SSSR count). The van der Waals surface area contributed by atoms with Gasteiger partial charge in [-0.15, -0.1) is 38.5 Å². The monoisotopic (exact) mass is 222 g/mol. The molecule has 0 spiro atoms. The molecule has 0 aromatic carbocycles. The molecular weight excluding hydrogens is 216 g/mol. The van der Waals surface area contributed by atoms with Crippen molar-refractivity contribution in [1.29, 1.82) is 0 Å². The Kier molecular flexibility index (Phi) is 4.95. The van der Waals surface area contributed by atoms with Gasteiger partial charge in [-0.05, 0) is 23.7 Å². The molecule has 0 N–H and O–H groups in total. The van der Waals surface area contributed by atoms with Crippen molar-refractivity contribution in [3.8, 4) is 97.7 Å². The van der Waals surface area contributed by atoms with E-state index in [0.29, 0.717) is 0 Å². The van der Waals surface area contributed by atoms with E-state index >= 15 is 0 Å². The van der Waals surface area contributed by atoms with Crippen molar-refractivity contribution < 1.29 is 0 Å². The number of terminal acetylenes is 6. The largest absolute Gasteiger partial charge is 0.212 e. The molecule has 0 unspecified atom stereocenters. The second-order valence-electron chi connectivity index (χ2n) is 2.87. The fraction of sp³-hybridized carbons (Fsp3) is 0.111. The molecule has 0 fully saturated rings. The van der Waals surface area contributed by atoms with Crippen LogP contribution >= 0.6 is 0 Å². The first-order valence-electron chi connectivity index (χ1n) is 4.48. The van der Waals surface area contributed by atoms with Crippen LogP contribution in [0.5, 0.6) is 0 Å². The summed E-state index contributed by atoms with van der Waals surface area (Å²) in [6.07, 6.45) is 31.2. The quantitative estimate of drug-likeness (QED) is 0.531. The maximum Gasteiger partial charge on any atom is 0.212 e. The summed E-state index contributed by atoms with van der Waals surface area (Å²) in [5.74, 6) is 23.1. The minimum absolute atomic E-state index is 1.39. The summed E-state index contributed by atoms with van der Waals surface area (Å²) in [7, 11) is 0. The highest BCUT2D eigenvalue weighted by molar-refractivity contribution is 5.51. The van der Waals surface area contributed by atoms with Gasteiger partial charge in [-0.3, -0.25) is 0 Å². The van der Waals surface area contributed by atoms with Crippen LogP contribution in [0.1, 0.15) is 0 Å². The summed E-state index contributed by atoms with van der Waals surface area (Å²) >= 11 is 0. The topological polar surface area (TPSA) is 0 Å². The molecule has 0 aliphatic rings. The highest BCUT2D eigenvalue weighted by atomic mass is 14.1. The van der Waals surface area contributed by atoms with Crippen LogP contribution in [-0.2, 0) is 0 Å². The maximum absolute atomic E-state index is 5.19. The molecule has 0 saturated carbocycles. The molecule has 18 heavy (non-hydrogen) atoms. The first-order valence-corrected chi connectivity index (χ1v) is 4.48. The Balaban J connectivity index is 5.46. The lowest BCUT2D eigenvalue weighted by Crippen LogP contribution is -2.10. The van der Waals surface area contributed by atoms with Gasteiger partial charge in [0.15, 0.2) is 0 Å². The van der Waals surface area contributed by atoms with Gasteiger partial charge in [0.1, 0.15) is 0 Å². The fourth-order valence-corrected chi connectivity index (χ4v) is 0.717. The zero-order chi connectivity index (χ0) is 14.1. The Hall–Kier alpha value is -3.52. The van der Waals surface area contributed by atoms with E-state index < -0.39 is 10.8 Å². The van der Waals surface area contributed by atoms with Crippen LogP contribution in [0.4, 0.5) is 0 Å². The third-order valence-electron chi connectivity index (χ3n) is 1.86. The van der Waals surface area contributed by atoms with Crippen LogP contribution in [0.15, 0.2) is 0 Å². The highest BCUT2D eigenvalue weighted by Crippen LogP contribution is 2.11. The smallest absolute Gasteiger partial charge is 0.116 e. The molecular formula is C18H6. The Labute approximate surface area is 109 Å². The van der Waals surface area contributed by atoms with Crippen LogP contribution in [0.2, 0.25) is 0 Å². The Morgan fingerprint density at radius 1 is 0.444 bits per heavy atom. The van der Waals surface area contributed by atoms with Crippen LogP contribution in [0.3, 0.4) is 0 Å². The van der Waals surface area contributed by atoms with Gasteiger partial charge in [0.25, 0.3) is 0 Å². The SMILES string of the molecule is C#CC(C#C)(C#C)C#CC#CC(C#C)(C#C)C#C. The molecule has 0 nitrogen and oxygen atoms in total. The van der Waals surface area contributed by atoms with E-state index in [4.69, 9.17) is 38.5 Å². The van der Waals surface area contributed by atoms with Gasteiger partial charge in [-0.25, -0.2) is 0 Å². The summed E-state index contributed by atoms with van der Waals surface area (Å²) in [6, 6.07) is 0. The maximum atomic E-state index is 5.19. The van der Waals surface area contributed by atoms with E-state index in [1.807, 2.05) is 0 Å². The Bertz CT molecular complexity index is 570. The predicted molar refractivity (Wildman–Crippen MR) is 73.4 cm³/mol. The summed E-state index contributed by atoms with van der Waals surface area (Å²) in [6.45, 7) is 0. The van der Waals surface area contributed by atoms with E-state index in [1.54, 1.807) is 0 Å². The zero-order valence-corrected chi connectivity index (χ0v) is 9.46. The average molecular weight is 222 g/mol. The molecule has 0 aliphatic carbocycles. The molecule has 0 atom stereocenters. The second kappa shape index (κ2) is 6.15. The summed E-state index contributed by atoms with van der Waals surface area (Å²) < 4.78 is 0. The minimum Gasteiger partial charge on any atom is -0.116 e. The molecule has 0 heterocycles. The van der Waals surface area contributed by atoms with Gasteiger partial charge in [-0.2, -0.15) is 0 Å². The van der Waals surface area contributed by atoms with Gasteiger partial charge in [0.05, 0.1) is 0 Å². The van der Waals surface area contributed by atoms with Crippen molar-refractivity contribution in [2.75, 3.05) is 0 Å². The molecule has 0 heteroatoms. The summed E-state index contributed by atoms with van der Waals surface area (Å²) in [5.41, 5.74) is -2.78. The lowest BCUT2D eigenvalue weighted by molar-refractivity contribution is 0.990. The van der Waals surface area contributed by atoms with Crippen LogP contribution in [-0.4, -0.2) is 0 Å². The van der Waals surface area contributed by atoms with E-state index in [2.05, 4.69) is 59.2 Å². The summed E-state index contributed by atoms with van der Waals surface area (Å²) in [4.78, 5) is 0. The molecule has 0 bridgehead atoms. The molecule has 0 aliphatic heterocycles. The highest BCUT2D eigenvalue weighted by Gasteiger charge is 2.18. The molecule has 78 valence electrons. The first-order chi connectivity index (χ1) is 8.57. The van der Waals surface area contributed by atoms with Gasteiger partial charge >= 0.3 is 0 Å². The van der Waals surface area contributed by atoms with Gasteiger partial charge in [-0.1, -0.05) is 35.5 Å². The van der Waals surface area contributed by atoms with Crippen molar-refractivity contribution in [2.24, 2.45) is 10.8 Å². The van der Waals surface area contributed by atoms with E-state index in [1.165, 1.54) is 0 Å². The fourth-order valence-electron chi connectivity index (χ4n) is 0.717. The normalized spacial score (nSPS) is 7.89. The molecule has 0 radical (unpaired) electrons. The third kappa shape index (κ3) is 2.98. The Morgan fingerprint density at radius 3 is 0.833 bits per heavy atom. The summed E-state index contributed by atoms with van der Waals surface area (Å²) in [5, 5.41) is 0. The molecule has 0 saturated heterocycles. The first kappa shape index (κ1) is 14.5. The lowest BCUT2D eigenvalue weighted by atomic mass is 9.91. The second-order valence-corrected chi connectivity index (χ2v) is 2.87. The van der Waals surface area contributed by atoms with Gasteiger partial charge in [0, 0.05) is 0 Å². The molecule has 0 aromatic rings. The number of rotatable bonds is 0. The van der Waals surface area contributed by atoms with Crippen molar-refractivity contribution in [3.05, 3.63) is 0 Å². The van der Waals surface area contributed by atoms with Crippen molar-refractivity contribution in [3.63, 3.8) is 0 Å². The van der Waals surface area contributed by atoms with Gasteiger partial charge in [0.2, 0.25) is 10.8 Å². The Morgan fingerprint density at radius 2 is 0.667 bits per heavy atom. The lowest BCUT2D eigenvalue weighted by Gasteiger charge is -2.04. The van der Waals surface area contributed by atoms with E-state index in [0.717, 1.165) is 0 Å². The van der Waals surface area contributed by atoms with Crippen LogP contribution in [0, 0.1) is 109 Å². The molecule has 0 amide bonds. The number of hydrogen-bond acceptors (Lipinski definition) is 0. The van der Waals surface area contributed by atoms with Gasteiger partial charge < -0.3 is 0 Å². The number of hydrogen-bond donors (Lipinski definition) is 0. The van der Waals surface area contributed by atoms with E-state index in [9.17, 15) is 0 Å². The average Bonchev–Trinajstić information content (AvgIpc) is 2.45. The van der Waals surface area contributed by atoms with Crippen molar-refractivity contribution in [1.82, 2.24) is 0 Å². The van der Waals surface area contributed by atoms with Crippen molar-refractivity contribution in [2.45, 2.75) is 0 Å². The van der Waals surface area contributed by atoms with E-state index in [-0.39, 0.29) is 0 Å². The zero-order valence-electron chi connectivity index (χ0n) is 9.46. The standard InChI is InChI=1S/C18H6/c1-7-17(8-2,9-3)15-13-14-16-18(10-4,11-5)12-6/h1-6H. The molecule has 0 aromatic heterocycles. The predicted octanol–water partition coefficient (Wildman–Crippen LogP) is 0.765. The van der Waals surface area contributed by atoms with Crippen LogP contribution < -0.4 is 0 Å². The van der Waals surface area contributed by atoms with Crippen LogP contribution in [0.25, 0.3) is 0 Å². The minimum atomic E-state index is -1.39.